The average Bonchev–Trinajstić information content (AvgIpc) is 2.55. The van der Waals surface area contributed by atoms with Gasteiger partial charge < -0.3 is 15.8 Å². The number of carbonyl (C=O) groups excluding carboxylic acids is 1. The summed E-state index contributed by atoms with van der Waals surface area (Å²) >= 11 is 0. The zero-order valence-corrected chi connectivity index (χ0v) is 17.2. The molecule has 3 rings (SSSR count). The van der Waals surface area contributed by atoms with E-state index in [1.165, 1.54) is 0 Å². The van der Waals surface area contributed by atoms with E-state index in [-0.39, 0.29) is 36.8 Å². The second-order valence-electron chi connectivity index (χ2n) is 6.92. The van der Waals surface area contributed by atoms with Gasteiger partial charge in [-0.1, -0.05) is 26.0 Å². The summed E-state index contributed by atoms with van der Waals surface area (Å²) in [6, 6.07) is 14.4. The van der Waals surface area contributed by atoms with Crippen molar-refractivity contribution in [2.24, 2.45) is 5.92 Å². The van der Waals surface area contributed by atoms with E-state index in [0.29, 0.717) is 22.9 Å². The molecule has 27 heavy (non-hydrogen) atoms. The van der Waals surface area contributed by atoms with Gasteiger partial charge in [0.2, 0.25) is 0 Å². The minimum absolute atomic E-state index is 0. The molecule has 1 heterocycles. The van der Waals surface area contributed by atoms with Crippen LogP contribution in [0, 0.1) is 5.92 Å². The van der Waals surface area contributed by atoms with E-state index in [4.69, 9.17) is 10.5 Å². The minimum atomic E-state index is -0.184. The van der Waals surface area contributed by atoms with Crippen molar-refractivity contribution in [1.82, 2.24) is 4.90 Å². The van der Waals surface area contributed by atoms with Crippen molar-refractivity contribution >= 4 is 42.1 Å². The summed E-state index contributed by atoms with van der Waals surface area (Å²) in [5, 5.41) is 2.82. The number of amides is 1. The van der Waals surface area contributed by atoms with Gasteiger partial charge >= 0.3 is 0 Å². The van der Waals surface area contributed by atoms with Crippen molar-refractivity contribution < 1.29 is 9.53 Å². The molecule has 0 spiro atoms. The molecule has 0 radical (unpaired) electrons. The van der Waals surface area contributed by atoms with Crippen molar-refractivity contribution in [3.8, 4) is 5.75 Å². The number of rotatable bonds is 6. The Balaban J connectivity index is 0.00000182. The maximum Gasteiger partial charge on any atom is 0.255 e. The first-order chi connectivity index (χ1) is 12.0. The van der Waals surface area contributed by atoms with E-state index in [9.17, 15) is 4.79 Å². The summed E-state index contributed by atoms with van der Waals surface area (Å²) in [6.45, 7) is 7.49. The number of benzene rings is 2. The van der Waals surface area contributed by atoms with E-state index in [1.54, 1.807) is 24.3 Å². The van der Waals surface area contributed by atoms with E-state index >= 15 is 0 Å². The fourth-order valence-electron chi connectivity index (χ4n) is 2.95. The first-order valence-corrected chi connectivity index (χ1v) is 8.66. The number of halogens is 2. The highest BCUT2D eigenvalue weighted by Crippen LogP contribution is 2.21. The van der Waals surface area contributed by atoms with Gasteiger partial charge in [-0.05, 0) is 42.3 Å². The number of nitrogens with one attached hydrogen (secondary N) is 1. The number of carbonyl (C=O) groups is 1. The van der Waals surface area contributed by atoms with Crippen LogP contribution < -0.4 is 15.8 Å². The topological polar surface area (TPSA) is 67.6 Å². The first-order valence-electron chi connectivity index (χ1n) is 8.66. The van der Waals surface area contributed by atoms with Gasteiger partial charge in [-0.3, -0.25) is 9.69 Å². The molecule has 0 bridgehead atoms. The second kappa shape index (κ2) is 10.4. The summed E-state index contributed by atoms with van der Waals surface area (Å²) in [4.78, 5) is 14.7. The lowest BCUT2D eigenvalue weighted by Crippen LogP contribution is -2.54. The smallest absolute Gasteiger partial charge is 0.255 e. The van der Waals surface area contributed by atoms with Crippen molar-refractivity contribution in [3.63, 3.8) is 0 Å². The van der Waals surface area contributed by atoms with E-state index < -0.39 is 0 Å². The summed E-state index contributed by atoms with van der Waals surface area (Å²) < 4.78 is 5.94. The van der Waals surface area contributed by atoms with Crippen molar-refractivity contribution in [3.05, 3.63) is 54.1 Å². The monoisotopic (exact) mass is 411 g/mol. The van der Waals surface area contributed by atoms with Gasteiger partial charge in [0.1, 0.15) is 11.9 Å². The van der Waals surface area contributed by atoms with E-state index in [1.807, 2.05) is 24.3 Å². The van der Waals surface area contributed by atoms with Gasteiger partial charge in [0, 0.05) is 25.2 Å². The lowest BCUT2D eigenvalue weighted by Gasteiger charge is -2.39. The third-order valence-corrected chi connectivity index (χ3v) is 4.18. The predicted molar refractivity (Wildman–Crippen MR) is 115 cm³/mol. The van der Waals surface area contributed by atoms with Crippen molar-refractivity contribution in [2.45, 2.75) is 20.0 Å². The number of nitrogen functional groups attached to an aromatic ring is 1. The fourth-order valence-corrected chi connectivity index (χ4v) is 2.95. The molecule has 7 heteroatoms. The molecule has 148 valence electrons. The molecule has 5 nitrogen and oxygen atoms in total. The van der Waals surface area contributed by atoms with Gasteiger partial charge in [-0.15, -0.1) is 24.8 Å². The molecule has 0 unspecified atom stereocenters. The summed E-state index contributed by atoms with van der Waals surface area (Å²) in [5.74, 6) is 1.29. The van der Waals surface area contributed by atoms with Gasteiger partial charge in [-0.2, -0.15) is 0 Å². The van der Waals surface area contributed by atoms with Gasteiger partial charge in [0.25, 0.3) is 5.91 Å². The van der Waals surface area contributed by atoms with Crippen molar-refractivity contribution in [1.29, 1.82) is 0 Å². The maximum atomic E-state index is 12.3. The van der Waals surface area contributed by atoms with Crippen molar-refractivity contribution in [2.75, 3.05) is 30.7 Å². The average molecular weight is 412 g/mol. The minimum Gasteiger partial charge on any atom is -0.488 e. The number of nitrogens with zero attached hydrogens (tertiary/aromatic N) is 1. The molecule has 0 aromatic heterocycles. The lowest BCUT2D eigenvalue weighted by atomic mass is 10.1. The number of hydrogen-bond acceptors (Lipinski definition) is 4. The Bertz CT molecular complexity index is 732. The third kappa shape index (κ3) is 6.31. The molecule has 3 N–H and O–H groups in total. The number of likely N-dealkylation sites (tertiary alicyclic amines) is 1. The van der Waals surface area contributed by atoms with Crippen LogP contribution >= 0.6 is 24.8 Å². The van der Waals surface area contributed by atoms with E-state index in [0.717, 1.165) is 25.4 Å². The third-order valence-electron chi connectivity index (χ3n) is 4.18. The van der Waals surface area contributed by atoms with E-state index in [2.05, 4.69) is 24.1 Å². The molecule has 2 aromatic rings. The van der Waals surface area contributed by atoms with Crippen LogP contribution in [0.15, 0.2) is 48.5 Å². The highest BCUT2D eigenvalue weighted by Gasteiger charge is 2.28. The molecule has 1 saturated heterocycles. The standard InChI is InChI=1S/C20H25N3O2.2ClH/c1-14(2)11-23-12-17(13-23)25-16-9-7-15(8-10-16)20(24)22-19-6-4-3-5-18(19)21;;/h3-10,14,17H,11-13,21H2,1-2H3,(H,22,24);2*1H. The Labute approximate surface area is 173 Å². The molecule has 0 atom stereocenters. The van der Waals surface area contributed by atoms with Crippen LogP contribution in [0.25, 0.3) is 0 Å². The molecule has 1 aliphatic heterocycles. The molecule has 0 aliphatic carbocycles. The zero-order valence-electron chi connectivity index (χ0n) is 15.6. The van der Waals surface area contributed by atoms with Crippen LogP contribution in [0.4, 0.5) is 11.4 Å². The normalized spacial score (nSPS) is 13.9. The Morgan fingerprint density at radius 3 is 2.37 bits per heavy atom. The molecule has 1 amide bonds. The summed E-state index contributed by atoms with van der Waals surface area (Å²) in [7, 11) is 0. The van der Waals surface area contributed by atoms with Gasteiger partial charge in [0.05, 0.1) is 11.4 Å². The molecule has 0 saturated carbocycles. The van der Waals surface area contributed by atoms with Gasteiger partial charge in [-0.25, -0.2) is 0 Å². The molecular weight excluding hydrogens is 385 g/mol. The van der Waals surface area contributed by atoms with Crippen LogP contribution in [0.2, 0.25) is 0 Å². The molecule has 1 aliphatic rings. The van der Waals surface area contributed by atoms with Gasteiger partial charge in [0.15, 0.2) is 0 Å². The van der Waals surface area contributed by atoms with Crippen LogP contribution in [0.3, 0.4) is 0 Å². The predicted octanol–water partition coefficient (Wildman–Crippen LogP) is 4.08. The Kier molecular flexibility index (Phi) is 8.89. The van der Waals surface area contributed by atoms with Crippen LogP contribution in [0.5, 0.6) is 5.75 Å². The first kappa shape index (κ1) is 23.1. The largest absolute Gasteiger partial charge is 0.488 e. The quantitative estimate of drug-likeness (QED) is 0.702. The molecule has 1 fully saturated rings. The maximum absolute atomic E-state index is 12.3. The SMILES string of the molecule is CC(C)CN1CC(Oc2ccc(C(=O)Nc3ccccc3N)cc2)C1.Cl.Cl. The number of anilines is 2. The Morgan fingerprint density at radius 1 is 1.15 bits per heavy atom. The number of para-hydroxylation sites is 2. The summed E-state index contributed by atoms with van der Waals surface area (Å²) in [6.07, 6.45) is 0.238. The highest BCUT2D eigenvalue weighted by molar-refractivity contribution is 6.05. The Hall–Kier alpha value is -1.95. The lowest BCUT2D eigenvalue weighted by molar-refractivity contribution is 0.0131. The zero-order chi connectivity index (χ0) is 17.8. The number of ether oxygens (including phenoxy) is 1. The van der Waals surface area contributed by atoms with Crippen LogP contribution in [0.1, 0.15) is 24.2 Å². The summed E-state index contributed by atoms with van der Waals surface area (Å²) in [5.41, 5.74) is 7.59. The Morgan fingerprint density at radius 2 is 1.78 bits per heavy atom. The molecular formula is C20H27Cl2N3O2. The number of nitrogens with two attached hydrogens (primary N) is 1. The molecule has 2 aromatic carbocycles. The van der Waals surface area contributed by atoms with Crippen LogP contribution in [-0.2, 0) is 0 Å². The number of hydrogen-bond donors (Lipinski definition) is 2. The second-order valence-corrected chi connectivity index (χ2v) is 6.92. The van der Waals surface area contributed by atoms with Crippen LogP contribution in [-0.4, -0.2) is 36.5 Å². The highest BCUT2D eigenvalue weighted by atomic mass is 35.5. The fraction of sp³-hybridized carbons (Fsp3) is 0.350.